The molecule has 0 fully saturated rings. The van der Waals surface area contributed by atoms with Crippen LogP contribution in [0.25, 0.3) is 0 Å². The third-order valence-electron chi connectivity index (χ3n) is 5.97. The molecule has 0 saturated carbocycles. The molecule has 1 aromatic heterocycles. The summed E-state index contributed by atoms with van der Waals surface area (Å²) in [6, 6.07) is 16.5. The summed E-state index contributed by atoms with van der Waals surface area (Å²) >= 11 is 0. The van der Waals surface area contributed by atoms with Crippen molar-refractivity contribution in [3.8, 4) is 0 Å². The maximum Gasteiger partial charge on any atom is 0.408 e. The molecule has 0 radical (unpaired) electrons. The molecule has 0 aliphatic carbocycles. The minimum atomic E-state index is -0.800. The first-order valence-corrected chi connectivity index (χ1v) is 12.2. The first kappa shape index (κ1) is 24.5. The van der Waals surface area contributed by atoms with Crippen molar-refractivity contribution in [2.45, 2.75) is 71.1 Å². The van der Waals surface area contributed by atoms with E-state index >= 15 is 0 Å². The zero-order valence-electron chi connectivity index (χ0n) is 20.9. The number of rotatable bonds is 7. The fraction of sp³-hybridized carbons (Fsp3) is 0.393. The second kappa shape index (κ2) is 10.3. The van der Waals surface area contributed by atoms with Gasteiger partial charge in [-0.15, -0.1) is 0 Å². The van der Waals surface area contributed by atoms with Crippen LogP contribution in [0.1, 0.15) is 62.8 Å². The number of aromatic amines is 1. The lowest BCUT2D eigenvalue weighted by Gasteiger charge is -2.30. The molecule has 2 aromatic carbocycles. The van der Waals surface area contributed by atoms with E-state index in [4.69, 9.17) is 4.74 Å². The predicted molar refractivity (Wildman–Crippen MR) is 136 cm³/mol. The molecule has 2 amide bonds. The van der Waals surface area contributed by atoms with E-state index in [0.29, 0.717) is 12.8 Å². The Morgan fingerprint density at radius 2 is 1.86 bits per heavy atom. The zero-order valence-corrected chi connectivity index (χ0v) is 20.9. The van der Waals surface area contributed by atoms with Crippen molar-refractivity contribution in [1.29, 1.82) is 0 Å². The summed E-state index contributed by atoms with van der Waals surface area (Å²) in [5.41, 5.74) is 3.26. The highest BCUT2D eigenvalue weighted by Gasteiger charge is 2.40. The number of alkyl carbamates (subject to hydrolysis) is 1. The van der Waals surface area contributed by atoms with Crippen molar-refractivity contribution in [2.75, 3.05) is 4.90 Å². The Balaban J connectivity index is 1.67. The van der Waals surface area contributed by atoms with Crippen LogP contribution in [-0.4, -0.2) is 33.6 Å². The second-order valence-corrected chi connectivity index (χ2v) is 9.99. The second-order valence-electron chi connectivity index (χ2n) is 9.99. The van der Waals surface area contributed by atoms with E-state index < -0.39 is 17.7 Å². The monoisotopic (exact) mass is 474 g/mol. The Hall–Kier alpha value is -3.61. The number of para-hydroxylation sites is 1. The van der Waals surface area contributed by atoms with Gasteiger partial charge in [0.2, 0.25) is 0 Å². The number of nitrogens with zero attached hydrogens (tertiary/aromatic N) is 2. The fourth-order valence-electron chi connectivity index (χ4n) is 4.49. The number of carbonyl (C=O) groups is 2. The van der Waals surface area contributed by atoms with E-state index in [0.717, 1.165) is 41.2 Å². The van der Waals surface area contributed by atoms with Crippen LogP contribution in [0.5, 0.6) is 0 Å². The van der Waals surface area contributed by atoms with Crippen LogP contribution >= 0.6 is 0 Å². The molecule has 2 heterocycles. The smallest absolute Gasteiger partial charge is 0.408 e. The molecule has 0 bridgehead atoms. The number of ether oxygens (including phenoxy) is 1. The maximum absolute atomic E-state index is 14.1. The standard InChI is InChI=1S/C28H34N4O3/c1-5-11-21-18-29-25(30-21)24-17-20-14-9-10-15-23(20)32(24)26(33)22(16-19-12-7-6-8-13-19)31-27(34)35-28(2,3)4/h6-10,12-15,18,22,24H,5,11,16-17H2,1-4H3,(H,29,30)(H,31,34). The van der Waals surface area contributed by atoms with Gasteiger partial charge in [-0.05, 0) is 44.4 Å². The number of nitrogens with one attached hydrogen (secondary N) is 2. The first-order chi connectivity index (χ1) is 16.7. The van der Waals surface area contributed by atoms with E-state index in [9.17, 15) is 9.59 Å². The number of imidazole rings is 1. The molecular weight excluding hydrogens is 440 g/mol. The molecule has 1 aliphatic heterocycles. The molecule has 0 spiro atoms. The number of amides is 2. The Kier molecular flexibility index (Phi) is 7.24. The van der Waals surface area contributed by atoms with Crippen molar-refractivity contribution in [2.24, 2.45) is 0 Å². The number of H-pyrrole nitrogens is 1. The molecule has 1 aliphatic rings. The van der Waals surface area contributed by atoms with Crippen molar-refractivity contribution in [1.82, 2.24) is 15.3 Å². The quantitative estimate of drug-likeness (QED) is 0.497. The molecule has 0 saturated heterocycles. The highest BCUT2D eigenvalue weighted by molar-refractivity contribution is 6.01. The largest absolute Gasteiger partial charge is 0.444 e. The zero-order chi connectivity index (χ0) is 25.0. The first-order valence-electron chi connectivity index (χ1n) is 12.2. The molecule has 2 unspecified atom stereocenters. The molecular formula is C28H34N4O3. The van der Waals surface area contributed by atoms with Crippen LogP contribution in [0.4, 0.5) is 10.5 Å². The molecule has 7 nitrogen and oxygen atoms in total. The Labute approximate surface area is 206 Å². The number of carbonyl (C=O) groups excluding carboxylic acids is 2. The Morgan fingerprint density at radius 3 is 2.57 bits per heavy atom. The van der Waals surface area contributed by atoms with Gasteiger partial charge in [-0.2, -0.15) is 0 Å². The Bertz CT molecular complexity index is 1170. The molecule has 2 N–H and O–H groups in total. The van der Waals surface area contributed by atoms with Gasteiger partial charge < -0.3 is 15.0 Å². The van der Waals surface area contributed by atoms with E-state index in [1.54, 1.807) is 25.7 Å². The lowest BCUT2D eigenvalue weighted by molar-refractivity contribution is -0.121. The molecule has 184 valence electrons. The van der Waals surface area contributed by atoms with E-state index in [1.807, 2.05) is 60.8 Å². The molecule has 7 heteroatoms. The van der Waals surface area contributed by atoms with Crippen LogP contribution < -0.4 is 10.2 Å². The number of benzene rings is 2. The minimum absolute atomic E-state index is 0.192. The summed E-state index contributed by atoms with van der Waals surface area (Å²) in [6.07, 6.45) is 4.16. The lowest BCUT2D eigenvalue weighted by atomic mass is 10.0. The maximum atomic E-state index is 14.1. The van der Waals surface area contributed by atoms with Crippen LogP contribution in [0, 0.1) is 0 Å². The van der Waals surface area contributed by atoms with Gasteiger partial charge in [0.1, 0.15) is 17.5 Å². The normalized spacial score (nSPS) is 16.0. The van der Waals surface area contributed by atoms with Crippen LogP contribution in [0.15, 0.2) is 60.8 Å². The van der Waals surface area contributed by atoms with Crippen molar-refractivity contribution in [3.05, 3.63) is 83.4 Å². The fourth-order valence-corrected chi connectivity index (χ4v) is 4.49. The van der Waals surface area contributed by atoms with E-state index in [2.05, 4.69) is 22.2 Å². The van der Waals surface area contributed by atoms with Gasteiger partial charge in [-0.3, -0.25) is 9.69 Å². The average Bonchev–Trinajstić information content (AvgIpc) is 3.42. The van der Waals surface area contributed by atoms with Gasteiger partial charge in [0, 0.05) is 30.4 Å². The van der Waals surface area contributed by atoms with E-state index in [1.165, 1.54) is 0 Å². The van der Waals surface area contributed by atoms with Crippen molar-refractivity contribution >= 4 is 17.7 Å². The summed E-state index contributed by atoms with van der Waals surface area (Å²) in [7, 11) is 0. The summed E-state index contributed by atoms with van der Waals surface area (Å²) < 4.78 is 5.49. The van der Waals surface area contributed by atoms with E-state index in [-0.39, 0.29) is 11.9 Å². The molecule has 2 atom stereocenters. The van der Waals surface area contributed by atoms with Crippen LogP contribution in [0.2, 0.25) is 0 Å². The third kappa shape index (κ3) is 5.91. The van der Waals surface area contributed by atoms with Gasteiger partial charge in [0.25, 0.3) is 5.91 Å². The summed E-state index contributed by atoms with van der Waals surface area (Å²) in [4.78, 5) is 36.7. The molecule has 3 aromatic rings. The third-order valence-corrected chi connectivity index (χ3v) is 5.97. The molecule has 4 rings (SSSR count). The SMILES string of the molecule is CCCc1cnc(C2Cc3ccccc3N2C(=O)C(Cc2ccccc2)NC(=O)OC(C)(C)C)[nH]1. The van der Waals surface area contributed by atoms with Gasteiger partial charge in [0.15, 0.2) is 0 Å². The minimum Gasteiger partial charge on any atom is -0.444 e. The average molecular weight is 475 g/mol. The Morgan fingerprint density at radius 1 is 1.14 bits per heavy atom. The van der Waals surface area contributed by atoms with Gasteiger partial charge >= 0.3 is 6.09 Å². The highest BCUT2D eigenvalue weighted by Crippen LogP contribution is 2.40. The summed E-state index contributed by atoms with van der Waals surface area (Å²) in [6.45, 7) is 7.53. The molecule has 35 heavy (non-hydrogen) atoms. The summed E-state index contributed by atoms with van der Waals surface area (Å²) in [5.74, 6) is 0.567. The van der Waals surface area contributed by atoms with Crippen molar-refractivity contribution < 1.29 is 14.3 Å². The summed E-state index contributed by atoms with van der Waals surface area (Å²) in [5, 5.41) is 2.84. The highest BCUT2D eigenvalue weighted by atomic mass is 16.6. The van der Waals surface area contributed by atoms with Gasteiger partial charge in [-0.25, -0.2) is 9.78 Å². The predicted octanol–water partition coefficient (Wildman–Crippen LogP) is 5.13. The van der Waals surface area contributed by atoms with Crippen LogP contribution in [-0.2, 0) is 28.8 Å². The number of hydrogen-bond donors (Lipinski definition) is 2. The number of fused-ring (bicyclic) bond motifs is 1. The number of hydrogen-bond acceptors (Lipinski definition) is 4. The van der Waals surface area contributed by atoms with Gasteiger partial charge in [-0.1, -0.05) is 61.9 Å². The van der Waals surface area contributed by atoms with Crippen molar-refractivity contribution in [3.63, 3.8) is 0 Å². The number of aryl methyl sites for hydroxylation is 1. The van der Waals surface area contributed by atoms with Crippen LogP contribution in [0.3, 0.4) is 0 Å². The number of anilines is 1. The number of aromatic nitrogens is 2. The topological polar surface area (TPSA) is 87.3 Å². The van der Waals surface area contributed by atoms with Gasteiger partial charge in [0.05, 0.1) is 6.04 Å². The lowest BCUT2D eigenvalue weighted by Crippen LogP contribution is -2.51.